The molecule has 1 heterocycles. The van der Waals surface area contributed by atoms with Crippen LogP contribution in [0.2, 0.25) is 0 Å². The monoisotopic (exact) mass is 239 g/mol. The molecule has 2 rings (SSSR count). The molecule has 2 nitrogen and oxygen atoms in total. The smallest absolute Gasteiger partial charge is 0.0695 e. The summed E-state index contributed by atoms with van der Waals surface area (Å²) in [4.78, 5) is 3.80. The first-order chi connectivity index (χ1) is 7.68. The number of aliphatic hydroxyl groups is 1. The third-order valence-corrected chi connectivity index (χ3v) is 4.64. The molecule has 1 aromatic rings. The molecule has 1 unspecified atom stereocenters. The van der Waals surface area contributed by atoms with Gasteiger partial charge in [-0.2, -0.15) is 0 Å². The maximum absolute atomic E-state index is 9.90. The second kappa shape index (κ2) is 5.30. The molecule has 90 valence electrons. The van der Waals surface area contributed by atoms with Crippen LogP contribution in [0.4, 0.5) is 0 Å². The van der Waals surface area contributed by atoms with Crippen LogP contribution in [-0.2, 0) is 6.42 Å². The number of nitrogens with zero attached hydrogens (tertiary/aromatic N) is 1. The minimum absolute atomic E-state index is 0.115. The number of rotatable bonds is 4. The van der Waals surface area contributed by atoms with Crippen LogP contribution < -0.4 is 0 Å². The van der Waals surface area contributed by atoms with Crippen LogP contribution in [0.3, 0.4) is 0 Å². The fraction of sp³-hybridized carbons (Fsp3) is 0.692. The number of aliphatic hydroxyl groups excluding tert-OH is 1. The molecule has 0 saturated heterocycles. The van der Waals surface area contributed by atoms with Crippen molar-refractivity contribution in [1.82, 2.24) is 4.90 Å². The summed E-state index contributed by atoms with van der Waals surface area (Å²) in [6, 6.07) is 5.18. The molecule has 0 aromatic carbocycles. The van der Waals surface area contributed by atoms with Gasteiger partial charge in [-0.15, -0.1) is 11.3 Å². The zero-order chi connectivity index (χ0) is 11.5. The fourth-order valence-electron chi connectivity index (χ4n) is 2.59. The van der Waals surface area contributed by atoms with Crippen molar-refractivity contribution in [3.8, 4) is 0 Å². The Bertz CT molecular complexity index is 312. The lowest BCUT2D eigenvalue weighted by molar-refractivity contribution is 0.0659. The van der Waals surface area contributed by atoms with Crippen molar-refractivity contribution in [2.24, 2.45) is 0 Å². The Morgan fingerprint density at radius 3 is 2.94 bits per heavy atom. The molecular weight excluding hydrogens is 218 g/mol. The molecule has 1 N–H and O–H groups in total. The summed E-state index contributed by atoms with van der Waals surface area (Å²) >= 11 is 1.82. The van der Waals surface area contributed by atoms with Gasteiger partial charge in [-0.3, -0.25) is 4.90 Å². The first-order valence-electron chi connectivity index (χ1n) is 6.11. The van der Waals surface area contributed by atoms with Crippen LogP contribution in [-0.4, -0.2) is 35.2 Å². The predicted octanol–water partition coefficient (Wildman–Crippen LogP) is 2.52. The van der Waals surface area contributed by atoms with Crippen molar-refractivity contribution < 1.29 is 5.11 Å². The van der Waals surface area contributed by atoms with Crippen molar-refractivity contribution in [2.45, 2.75) is 50.8 Å². The first-order valence-corrected chi connectivity index (χ1v) is 6.99. The van der Waals surface area contributed by atoms with Gasteiger partial charge < -0.3 is 5.11 Å². The maximum Gasteiger partial charge on any atom is 0.0695 e. The molecule has 1 aromatic heterocycles. The topological polar surface area (TPSA) is 23.5 Å². The highest BCUT2D eigenvalue weighted by Gasteiger charge is 2.30. The lowest BCUT2D eigenvalue weighted by Crippen LogP contribution is -2.43. The van der Waals surface area contributed by atoms with Gasteiger partial charge in [0.2, 0.25) is 0 Å². The van der Waals surface area contributed by atoms with Gasteiger partial charge in [0.15, 0.2) is 0 Å². The predicted molar refractivity (Wildman–Crippen MR) is 68.9 cm³/mol. The number of likely N-dealkylation sites (N-methyl/N-ethyl adjacent to an activating group) is 1. The van der Waals surface area contributed by atoms with Crippen LogP contribution in [0, 0.1) is 0 Å². The molecule has 1 saturated carbocycles. The van der Waals surface area contributed by atoms with Gasteiger partial charge in [0.25, 0.3) is 0 Å². The molecule has 1 fully saturated rings. The molecule has 3 heteroatoms. The highest BCUT2D eigenvalue weighted by Crippen LogP contribution is 2.25. The fourth-order valence-corrected chi connectivity index (χ4v) is 3.41. The SMILES string of the molecule is CC(Cc1cccs1)N(C)[C@@H]1CCC[C@H]1O. The van der Waals surface area contributed by atoms with Crippen LogP contribution in [0.5, 0.6) is 0 Å². The van der Waals surface area contributed by atoms with Crippen LogP contribution in [0.15, 0.2) is 17.5 Å². The van der Waals surface area contributed by atoms with E-state index in [9.17, 15) is 5.11 Å². The Kier molecular flexibility index (Phi) is 4.00. The Morgan fingerprint density at radius 1 is 1.56 bits per heavy atom. The normalized spacial score (nSPS) is 27.5. The van der Waals surface area contributed by atoms with Gasteiger partial charge >= 0.3 is 0 Å². The van der Waals surface area contributed by atoms with Gasteiger partial charge in [-0.05, 0) is 51.1 Å². The Hall–Kier alpha value is -0.380. The lowest BCUT2D eigenvalue weighted by Gasteiger charge is -2.32. The molecule has 1 aliphatic rings. The molecule has 0 amide bonds. The highest BCUT2D eigenvalue weighted by atomic mass is 32.1. The van der Waals surface area contributed by atoms with Gasteiger partial charge in [0.05, 0.1) is 6.10 Å². The second-order valence-corrected chi connectivity index (χ2v) is 5.90. The van der Waals surface area contributed by atoms with E-state index in [0.717, 1.165) is 19.3 Å². The van der Waals surface area contributed by atoms with E-state index in [1.807, 2.05) is 11.3 Å². The molecule has 1 aliphatic carbocycles. The number of thiophene rings is 1. The summed E-state index contributed by atoms with van der Waals surface area (Å²) in [7, 11) is 2.15. The average molecular weight is 239 g/mol. The van der Waals surface area contributed by atoms with E-state index in [0.29, 0.717) is 12.1 Å². The van der Waals surface area contributed by atoms with E-state index in [1.54, 1.807) is 0 Å². The minimum Gasteiger partial charge on any atom is -0.391 e. The summed E-state index contributed by atoms with van der Waals surface area (Å²) in [5.74, 6) is 0. The third kappa shape index (κ3) is 2.65. The van der Waals surface area contributed by atoms with E-state index >= 15 is 0 Å². The standard InChI is InChI=1S/C13H21NOS/c1-10(9-11-5-4-8-16-11)14(2)12-6-3-7-13(12)15/h4-5,8,10,12-13,15H,3,6-7,9H2,1-2H3/t10?,12-,13-/m1/s1. The third-order valence-electron chi connectivity index (χ3n) is 3.74. The zero-order valence-electron chi connectivity index (χ0n) is 10.1. The molecule has 0 radical (unpaired) electrons. The summed E-state index contributed by atoms with van der Waals surface area (Å²) in [5, 5.41) is 12.0. The van der Waals surface area contributed by atoms with Crippen LogP contribution in [0.1, 0.15) is 31.1 Å². The molecule has 0 aliphatic heterocycles. The lowest BCUT2D eigenvalue weighted by atomic mass is 10.1. The van der Waals surface area contributed by atoms with Crippen LogP contribution >= 0.6 is 11.3 Å². The zero-order valence-corrected chi connectivity index (χ0v) is 10.9. The summed E-state index contributed by atoms with van der Waals surface area (Å²) < 4.78 is 0. The van der Waals surface area contributed by atoms with Crippen molar-refractivity contribution in [3.63, 3.8) is 0 Å². The van der Waals surface area contributed by atoms with Crippen LogP contribution in [0.25, 0.3) is 0 Å². The highest BCUT2D eigenvalue weighted by molar-refractivity contribution is 7.09. The number of hydrogen-bond acceptors (Lipinski definition) is 3. The van der Waals surface area contributed by atoms with Crippen molar-refractivity contribution in [1.29, 1.82) is 0 Å². The van der Waals surface area contributed by atoms with Gasteiger partial charge in [0.1, 0.15) is 0 Å². The summed E-state index contributed by atoms with van der Waals surface area (Å²) in [6.45, 7) is 2.25. The average Bonchev–Trinajstić information content (AvgIpc) is 2.88. The molecule has 3 atom stereocenters. The van der Waals surface area contributed by atoms with Crippen molar-refractivity contribution in [2.75, 3.05) is 7.05 Å². The van der Waals surface area contributed by atoms with Gasteiger partial charge in [-0.25, -0.2) is 0 Å². The van der Waals surface area contributed by atoms with Crippen molar-refractivity contribution in [3.05, 3.63) is 22.4 Å². The quantitative estimate of drug-likeness (QED) is 0.873. The largest absolute Gasteiger partial charge is 0.391 e. The summed E-state index contributed by atoms with van der Waals surface area (Å²) in [5.41, 5.74) is 0. The maximum atomic E-state index is 9.90. The minimum atomic E-state index is -0.115. The van der Waals surface area contributed by atoms with Gasteiger partial charge in [-0.1, -0.05) is 6.07 Å². The van der Waals surface area contributed by atoms with Crippen molar-refractivity contribution >= 4 is 11.3 Å². The van der Waals surface area contributed by atoms with E-state index in [-0.39, 0.29) is 6.10 Å². The Labute approximate surface area is 102 Å². The van der Waals surface area contributed by atoms with Gasteiger partial charge in [0, 0.05) is 17.0 Å². The van der Waals surface area contributed by atoms with E-state index in [1.165, 1.54) is 11.3 Å². The first kappa shape index (κ1) is 12.1. The number of hydrogen-bond donors (Lipinski definition) is 1. The molecule has 0 bridgehead atoms. The molecule has 0 spiro atoms. The molecule has 16 heavy (non-hydrogen) atoms. The Balaban J connectivity index is 1.91. The van der Waals surface area contributed by atoms with E-state index in [2.05, 4.69) is 36.4 Å². The summed E-state index contributed by atoms with van der Waals surface area (Å²) in [6.07, 6.45) is 4.27. The Morgan fingerprint density at radius 2 is 2.38 bits per heavy atom. The molecular formula is C13H21NOS. The van der Waals surface area contributed by atoms with E-state index < -0.39 is 0 Å². The second-order valence-electron chi connectivity index (χ2n) is 4.86. The van der Waals surface area contributed by atoms with E-state index in [4.69, 9.17) is 0 Å².